The van der Waals surface area contributed by atoms with Crippen molar-refractivity contribution in [3.05, 3.63) is 40.5 Å². The molecule has 2 aliphatic rings. The van der Waals surface area contributed by atoms with Crippen LogP contribution >= 0.6 is 23.1 Å². The van der Waals surface area contributed by atoms with E-state index in [1.807, 2.05) is 36.5 Å². The summed E-state index contributed by atoms with van der Waals surface area (Å²) >= 11 is 3.33. The molecule has 1 aromatic carbocycles. The van der Waals surface area contributed by atoms with Gasteiger partial charge in [0.2, 0.25) is 11.8 Å². The van der Waals surface area contributed by atoms with Crippen LogP contribution in [0.15, 0.2) is 29.3 Å². The number of anilines is 2. The molecule has 2 N–H and O–H groups in total. The van der Waals surface area contributed by atoms with Gasteiger partial charge in [-0.2, -0.15) is 0 Å². The van der Waals surface area contributed by atoms with Gasteiger partial charge in [-0.25, -0.2) is 9.97 Å². The minimum absolute atomic E-state index is 0.0539. The average Bonchev–Trinajstić information content (AvgIpc) is 3.58. The smallest absolute Gasteiger partial charge is 0.234 e. The average molecular weight is 481 g/mol. The number of thiophene rings is 1. The van der Waals surface area contributed by atoms with Crippen molar-refractivity contribution in [3.8, 4) is 0 Å². The van der Waals surface area contributed by atoms with Crippen molar-refractivity contribution < 1.29 is 9.59 Å². The van der Waals surface area contributed by atoms with Gasteiger partial charge in [-0.05, 0) is 61.8 Å². The van der Waals surface area contributed by atoms with Crippen molar-refractivity contribution in [2.45, 2.75) is 63.3 Å². The Morgan fingerprint density at radius 1 is 1.12 bits per heavy atom. The number of nitrogens with zero attached hydrogens (tertiary/aromatic N) is 2. The molecule has 5 rings (SSSR count). The predicted octanol–water partition coefficient (Wildman–Crippen LogP) is 5.77. The van der Waals surface area contributed by atoms with E-state index >= 15 is 0 Å². The van der Waals surface area contributed by atoms with Gasteiger partial charge in [-0.3, -0.25) is 9.59 Å². The minimum Gasteiger partial charge on any atom is -0.326 e. The molecule has 0 spiro atoms. The second-order valence-electron chi connectivity index (χ2n) is 9.01. The number of thioether (sulfide) groups is 1. The summed E-state index contributed by atoms with van der Waals surface area (Å²) in [6.45, 7) is 4.12. The largest absolute Gasteiger partial charge is 0.326 e. The van der Waals surface area contributed by atoms with E-state index in [0.29, 0.717) is 29.6 Å². The third-order valence-electron chi connectivity index (χ3n) is 6.17. The number of hydrogen-bond donors (Lipinski definition) is 2. The number of carbonyl (C=O) groups is 2. The molecule has 2 aromatic heterocycles. The number of benzene rings is 1. The molecule has 8 heteroatoms. The van der Waals surface area contributed by atoms with Gasteiger partial charge < -0.3 is 10.6 Å². The highest BCUT2D eigenvalue weighted by Crippen LogP contribution is 2.44. The van der Waals surface area contributed by atoms with E-state index in [2.05, 4.69) is 17.6 Å². The van der Waals surface area contributed by atoms with Crippen molar-refractivity contribution in [1.29, 1.82) is 0 Å². The highest BCUT2D eigenvalue weighted by atomic mass is 32.2. The molecule has 3 aromatic rings. The van der Waals surface area contributed by atoms with Crippen molar-refractivity contribution in [1.82, 2.24) is 9.97 Å². The van der Waals surface area contributed by atoms with E-state index in [1.54, 1.807) is 6.07 Å². The summed E-state index contributed by atoms with van der Waals surface area (Å²) in [6.07, 6.45) is 6.10. The molecule has 6 nitrogen and oxygen atoms in total. The molecule has 2 aliphatic carbocycles. The first-order valence-electron chi connectivity index (χ1n) is 11.6. The zero-order valence-corrected chi connectivity index (χ0v) is 20.6. The maximum Gasteiger partial charge on any atom is 0.234 e. The van der Waals surface area contributed by atoms with Crippen LogP contribution in [0.25, 0.3) is 10.2 Å². The van der Waals surface area contributed by atoms with Gasteiger partial charge in [0.1, 0.15) is 15.7 Å². The number of carbonyl (C=O) groups excluding carboxylic acids is 2. The second kappa shape index (κ2) is 9.43. The normalized spacial score (nSPS) is 17.6. The number of amides is 2. The third-order valence-corrected chi connectivity index (χ3v) is 8.30. The Balaban J connectivity index is 1.33. The van der Waals surface area contributed by atoms with E-state index in [0.717, 1.165) is 41.4 Å². The fourth-order valence-electron chi connectivity index (χ4n) is 4.21. The van der Waals surface area contributed by atoms with Crippen LogP contribution in [0.3, 0.4) is 0 Å². The van der Waals surface area contributed by atoms with Crippen molar-refractivity contribution in [3.63, 3.8) is 0 Å². The van der Waals surface area contributed by atoms with Crippen LogP contribution in [-0.2, 0) is 22.4 Å². The monoisotopic (exact) mass is 480 g/mol. The quantitative estimate of drug-likeness (QED) is 0.331. The Hall–Kier alpha value is -2.45. The lowest BCUT2D eigenvalue weighted by atomic mass is 9.89. The van der Waals surface area contributed by atoms with Crippen LogP contribution in [0.4, 0.5) is 11.4 Å². The summed E-state index contributed by atoms with van der Waals surface area (Å²) in [7, 11) is 0. The van der Waals surface area contributed by atoms with E-state index in [1.165, 1.54) is 34.0 Å². The molecule has 1 saturated carbocycles. The number of nitrogens with one attached hydrogen (secondary N) is 2. The van der Waals surface area contributed by atoms with Gasteiger partial charge in [-0.1, -0.05) is 31.7 Å². The summed E-state index contributed by atoms with van der Waals surface area (Å²) in [5.41, 5.74) is 2.75. The summed E-state index contributed by atoms with van der Waals surface area (Å²) in [5, 5.41) is 7.90. The Morgan fingerprint density at radius 2 is 1.88 bits per heavy atom. The molecule has 33 heavy (non-hydrogen) atoms. The molecular weight excluding hydrogens is 452 g/mol. The Morgan fingerprint density at radius 3 is 2.61 bits per heavy atom. The summed E-state index contributed by atoms with van der Waals surface area (Å²) in [5.74, 6) is 2.26. The van der Waals surface area contributed by atoms with E-state index in [4.69, 9.17) is 9.97 Å². The summed E-state index contributed by atoms with van der Waals surface area (Å²) < 4.78 is 0. The Kier molecular flexibility index (Phi) is 6.38. The van der Waals surface area contributed by atoms with Crippen molar-refractivity contribution in [2.24, 2.45) is 5.92 Å². The van der Waals surface area contributed by atoms with E-state index in [9.17, 15) is 9.59 Å². The molecule has 172 valence electrons. The number of aromatic nitrogens is 2. The Bertz CT molecular complexity index is 1220. The van der Waals surface area contributed by atoms with Gasteiger partial charge in [0.15, 0.2) is 0 Å². The van der Waals surface area contributed by atoms with Crippen LogP contribution < -0.4 is 10.6 Å². The molecule has 0 aliphatic heterocycles. The highest BCUT2D eigenvalue weighted by Gasteiger charge is 2.30. The maximum atomic E-state index is 12.8. The number of fused-ring (bicyclic) bond motifs is 3. The van der Waals surface area contributed by atoms with Crippen LogP contribution in [0.1, 0.15) is 61.7 Å². The van der Waals surface area contributed by atoms with Crippen LogP contribution in [0, 0.1) is 5.92 Å². The van der Waals surface area contributed by atoms with Crippen molar-refractivity contribution >= 4 is 56.5 Å². The minimum atomic E-state index is -0.0866. The van der Waals surface area contributed by atoms with Gasteiger partial charge in [-0.15, -0.1) is 11.3 Å². The van der Waals surface area contributed by atoms with Crippen LogP contribution in [0.2, 0.25) is 0 Å². The number of rotatable bonds is 7. The summed E-state index contributed by atoms with van der Waals surface area (Å²) in [4.78, 5) is 36.8. The lowest BCUT2D eigenvalue weighted by molar-refractivity contribution is -0.116. The zero-order valence-electron chi connectivity index (χ0n) is 18.9. The van der Waals surface area contributed by atoms with E-state index in [-0.39, 0.29) is 17.6 Å². The molecule has 1 unspecified atom stereocenters. The second-order valence-corrected chi connectivity index (χ2v) is 11.1. The number of hydrogen-bond acceptors (Lipinski definition) is 6. The Labute approximate surface area is 202 Å². The number of aryl methyl sites for hydroxylation is 1. The fraction of sp³-hybridized carbons (Fsp3) is 0.440. The first kappa shape index (κ1) is 22.3. The lowest BCUT2D eigenvalue weighted by Crippen LogP contribution is -2.15. The first-order chi connectivity index (χ1) is 16.0. The molecular formula is C25H28N4O2S2. The van der Waals surface area contributed by atoms with Gasteiger partial charge in [0, 0.05) is 34.0 Å². The molecule has 2 heterocycles. The standard InChI is InChI=1S/C25H28N4O2S2/c1-3-20(30)26-16-5-4-6-17(12-16)27-21(31)13-32-24-22-18-10-7-14(2)11-19(18)33-25(22)29-23(28-24)15-8-9-15/h4-6,12,14-15H,3,7-11,13H2,1-2H3,(H,26,30)(H,27,31). The van der Waals surface area contributed by atoms with Gasteiger partial charge in [0.25, 0.3) is 0 Å². The van der Waals surface area contributed by atoms with Gasteiger partial charge >= 0.3 is 0 Å². The third kappa shape index (κ3) is 5.06. The fourth-order valence-corrected chi connectivity index (χ4v) is 6.52. The molecule has 2 amide bonds. The first-order valence-corrected chi connectivity index (χ1v) is 13.4. The maximum absolute atomic E-state index is 12.8. The topological polar surface area (TPSA) is 84.0 Å². The van der Waals surface area contributed by atoms with Crippen molar-refractivity contribution in [2.75, 3.05) is 16.4 Å². The zero-order chi connectivity index (χ0) is 22.9. The lowest BCUT2D eigenvalue weighted by Gasteiger charge is -2.18. The molecule has 0 bridgehead atoms. The summed E-state index contributed by atoms with van der Waals surface area (Å²) in [6, 6.07) is 7.24. The molecule has 1 fully saturated rings. The van der Waals surface area contributed by atoms with Gasteiger partial charge in [0.05, 0.1) is 5.75 Å². The molecule has 1 atom stereocenters. The molecule has 0 saturated heterocycles. The predicted molar refractivity (Wildman–Crippen MR) is 135 cm³/mol. The van der Waals surface area contributed by atoms with E-state index < -0.39 is 0 Å². The SMILES string of the molecule is CCC(=O)Nc1cccc(NC(=O)CSc2nc(C3CC3)nc3sc4c(c23)CCC(C)C4)c1. The molecule has 0 radical (unpaired) electrons. The highest BCUT2D eigenvalue weighted by molar-refractivity contribution is 8.00. The van der Waals surface area contributed by atoms with Crippen LogP contribution in [-0.4, -0.2) is 27.5 Å². The van der Waals surface area contributed by atoms with Crippen LogP contribution in [0.5, 0.6) is 0 Å².